The summed E-state index contributed by atoms with van der Waals surface area (Å²) in [6.07, 6.45) is 1.76. The predicted octanol–water partition coefficient (Wildman–Crippen LogP) is 4.30. The number of halogens is 1. The second-order valence-electron chi connectivity index (χ2n) is 6.88. The average molecular weight is 415 g/mol. The number of hydrogen-bond acceptors (Lipinski definition) is 4. The number of hydrogen-bond donors (Lipinski definition) is 1. The molecular weight excluding hydrogens is 393 g/mol. The summed E-state index contributed by atoms with van der Waals surface area (Å²) in [7, 11) is -3.25. The molecule has 7 heteroatoms. The van der Waals surface area contributed by atoms with Gasteiger partial charge >= 0.3 is 0 Å². The molecule has 0 spiro atoms. The van der Waals surface area contributed by atoms with Crippen molar-refractivity contribution in [2.75, 3.05) is 6.26 Å². The highest BCUT2D eigenvalue weighted by molar-refractivity contribution is 7.90. The fourth-order valence-electron chi connectivity index (χ4n) is 2.96. The Bertz CT molecular complexity index is 1100. The van der Waals surface area contributed by atoms with Crippen LogP contribution in [0.1, 0.15) is 30.7 Å². The van der Waals surface area contributed by atoms with E-state index in [-0.39, 0.29) is 29.1 Å². The van der Waals surface area contributed by atoms with Gasteiger partial charge in [0.25, 0.3) is 0 Å². The normalized spacial score (nSPS) is 12.5. The fourth-order valence-corrected chi connectivity index (χ4v) is 3.59. The van der Waals surface area contributed by atoms with Gasteiger partial charge in [0.05, 0.1) is 16.5 Å². The van der Waals surface area contributed by atoms with Crippen LogP contribution in [0.2, 0.25) is 0 Å². The molecule has 1 amide bonds. The van der Waals surface area contributed by atoms with Gasteiger partial charge in [-0.2, -0.15) is 0 Å². The van der Waals surface area contributed by atoms with Crippen LogP contribution in [-0.4, -0.2) is 20.6 Å². The Morgan fingerprint density at radius 3 is 2.41 bits per heavy atom. The van der Waals surface area contributed by atoms with Crippen LogP contribution in [0.15, 0.2) is 70.0 Å². The molecule has 5 nitrogen and oxygen atoms in total. The smallest absolute Gasteiger partial charge is 0.220 e. The molecule has 0 radical (unpaired) electrons. The van der Waals surface area contributed by atoms with Crippen LogP contribution in [0.25, 0.3) is 11.3 Å². The van der Waals surface area contributed by atoms with E-state index in [2.05, 4.69) is 5.32 Å². The molecule has 2 aromatic carbocycles. The molecule has 0 saturated carbocycles. The lowest BCUT2D eigenvalue weighted by molar-refractivity contribution is -0.121. The van der Waals surface area contributed by atoms with Crippen LogP contribution in [0.5, 0.6) is 0 Å². The quantitative estimate of drug-likeness (QED) is 0.624. The Morgan fingerprint density at radius 2 is 1.76 bits per heavy atom. The van der Waals surface area contributed by atoms with Gasteiger partial charge in [-0.15, -0.1) is 0 Å². The molecule has 152 valence electrons. The first-order valence-electron chi connectivity index (χ1n) is 9.17. The van der Waals surface area contributed by atoms with Gasteiger partial charge in [-0.3, -0.25) is 4.79 Å². The summed E-state index contributed by atoms with van der Waals surface area (Å²) in [5.41, 5.74) is 1.19. The number of furan rings is 1. The van der Waals surface area contributed by atoms with Gasteiger partial charge in [0.2, 0.25) is 5.91 Å². The first kappa shape index (κ1) is 20.8. The zero-order valence-electron chi connectivity index (χ0n) is 16.2. The van der Waals surface area contributed by atoms with Crippen LogP contribution in [0.3, 0.4) is 0 Å². The van der Waals surface area contributed by atoms with E-state index in [1.807, 2.05) is 6.92 Å². The van der Waals surface area contributed by atoms with Gasteiger partial charge in [-0.1, -0.05) is 24.3 Å². The molecule has 0 aliphatic heterocycles. The van der Waals surface area contributed by atoms with Crippen LogP contribution >= 0.6 is 0 Å². The molecule has 0 fully saturated rings. The summed E-state index contributed by atoms with van der Waals surface area (Å²) in [4.78, 5) is 12.5. The maximum Gasteiger partial charge on any atom is 0.220 e. The summed E-state index contributed by atoms with van der Waals surface area (Å²) < 4.78 is 42.5. The number of rotatable bonds is 7. The minimum atomic E-state index is -3.25. The molecule has 1 N–H and O–H groups in total. The third kappa shape index (κ3) is 5.32. The largest absolute Gasteiger partial charge is 0.461 e. The monoisotopic (exact) mass is 415 g/mol. The molecule has 0 unspecified atom stereocenters. The average Bonchev–Trinajstić information content (AvgIpc) is 3.15. The Hall–Kier alpha value is -2.93. The van der Waals surface area contributed by atoms with E-state index in [0.29, 0.717) is 23.5 Å². The predicted molar refractivity (Wildman–Crippen MR) is 109 cm³/mol. The molecule has 3 rings (SSSR count). The van der Waals surface area contributed by atoms with Crippen molar-refractivity contribution in [1.82, 2.24) is 5.32 Å². The third-order valence-electron chi connectivity index (χ3n) is 4.59. The highest BCUT2D eigenvalue weighted by Gasteiger charge is 2.14. The number of carbonyl (C=O) groups excluding carboxylic acids is 1. The molecule has 0 saturated heterocycles. The van der Waals surface area contributed by atoms with Crippen molar-refractivity contribution in [3.63, 3.8) is 0 Å². The Morgan fingerprint density at radius 1 is 1.07 bits per heavy atom. The van der Waals surface area contributed by atoms with E-state index >= 15 is 0 Å². The Balaban J connectivity index is 1.55. The molecule has 0 bridgehead atoms. The van der Waals surface area contributed by atoms with Gasteiger partial charge < -0.3 is 9.73 Å². The van der Waals surface area contributed by atoms with Crippen molar-refractivity contribution in [2.24, 2.45) is 0 Å². The SMILES string of the molecule is C[C@H](NC(=O)CCc1ccc(-c2ccccc2F)o1)c1ccc(S(C)(=O)=O)cc1. The maximum absolute atomic E-state index is 13.8. The first-order valence-corrected chi connectivity index (χ1v) is 11.1. The number of nitrogens with one attached hydrogen (secondary N) is 1. The molecule has 1 atom stereocenters. The highest BCUT2D eigenvalue weighted by atomic mass is 32.2. The Kier molecular flexibility index (Phi) is 6.17. The van der Waals surface area contributed by atoms with Gasteiger partial charge in [0.15, 0.2) is 9.84 Å². The lowest BCUT2D eigenvalue weighted by Gasteiger charge is -2.14. The van der Waals surface area contributed by atoms with Gasteiger partial charge in [0.1, 0.15) is 17.3 Å². The van der Waals surface area contributed by atoms with Crippen LogP contribution in [-0.2, 0) is 21.1 Å². The minimum Gasteiger partial charge on any atom is -0.461 e. The molecule has 0 aliphatic carbocycles. The minimum absolute atomic E-state index is 0.159. The fraction of sp³-hybridized carbons (Fsp3) is 0.227. The van der Waals surface area contributed by atoms with Crippen LogP contribution in [0, 0.1) is 5.82 Å². The molecule has 29 heavy (non-hydrogen) atoms. The molecule has 3 aromatic rings. The van der Waals surface area contributed by atoms with Crippen molar-refractivity contribution < 1.29 is 22.0 Å². The summed E-state index contributed by atoms with van der Waals surface area (Å²) in [5.74, 6) is 0.511. The van der Waals surface area contributed by atoms with Gasteiger partial charge in [-0.25, -0.2) is 12.8 Å². The lowest BCUT2D eigenvalue weighted by atomic mass is 10.1. The molecule has 1 heterocycles. The first-order chi connectivity index (χ1) is 13.7. The third-order valence-corrected chi connectivity index (χ3v) is 5.71. The number of sulfone groups is 1. The molecule has 0 aliphatic rings. The zero-order chi connectivity index (χ0) is 21.0. The van der Waals surface area contributed by atoms with Crippen molar-refractivity contribution in [2.45, 2.75) is 30.7 Å². The number of carbonyl (C=O) groups is 1. The van der Waals surface area contributed by atoms with Crippen molar-refractivity contribution >= 4 is 15.7 Å². The summed E-state index contributed by atoms with van der Waals surface area (Å²) in [6, 6.07) is 16.0. The van der Waals surface area contributed by atoms with E-state index in [9.17, 15) is 17.6 Å². The molecular formula is C22H22FNO4S. The standard InChI is InChI=1S/C22H22FNO4S/c1-15(16-7-11-18(12-8-16)29(2,26)27)24-22(25)14-10-17-9-13-21(28-17)19-5-3-4-6-20(19)23/h3-9,11-13,15H,10,14H2,1-2H3,(H,24,25)/t15-/m0/s1. The van der Waals surface area contributed by atoms with Crippen molar-refractivity contribution in [3.8, 4) is 11.3 Å². The van der Waals surface area contributed by atoms with Crippen LogP contribution in [0.4, 0.5) is 4.39 Å². The van der Waals surface area contributed by atoms with E-state index in [4.69, 9.17) is 4.42 Å². The number of aryl methyl sites for hydroxylation is 1. The molecule has 1 aromatic heterocycles. The van der Waals surface area contributed by atoms with E-state index in [1.165, 1.54) is 18.2 Å². The summed E-state index contributed by atoms with van der Waals surface area (Å²) in [5, 5.41) is 2.88. The Labute approximate surface area is 169 Å². The summed E-state index contributed by atoms with van der Waals surface area (Å²) in [6.45, 7) is 1.83. The van der Waals surface area contributed by atoms with E-state index < -0.39 is 9.84 Å². The topological polar surface area (TPSA) is 76.4 Å². The van der Waals surface area contributed by atoms with Gasteiger partial charge in [0, 0.05) is 19.1 Å². The highest BCUT2D eigenvalue weighted by Crippen LogP contribution is 2.25. The maximum atomic E-state index is 13.8. The second kappa shape index (κ2) is 8.61. The second-order valence-corrected chi connectivity index (χ2v) is 8.89. The van der Waals surface area contributed by atoms with Crippen LogP contribution < -0.4 is 5.32 Å². The van der Waals surface area contributed by atoms with E-state index in [1.54, 1.807) is 42.5 Å². The lowest BCUT2D eigenvalue weighted by Crippen LogP contribution is -2.26. The van der Waals surface area contributed by atoms with Crippen molar-refractivity contribution in [1.29, 1.82) is 0 Å². The number of benzene rings is 2. The number of amides is 1. The zero-order valence-corrected chi connectivity index (χ0v) is 17.0. The van der Waals surface area contributed by atoms with E-state index in [0.717, 1.165) is 11.8 Å². The van der Waals surface area contributed by atoms with Crippen molar-refractivity contribution in [3.05, 3.63) is 77.8 Å². The summed E-state index contributed by atoms with van der Waals surface area (Å²) >= 11 is 0. The van der Waals surface area contributed by atoms with Gasteiger partial charge in [-0.05, 0) is 48.9 Å².